The number of nitrogens with zero attached hydrogens (tertiary/aromatic N) is 5. The Labute approximate surface area is 190 Å². The summed E-state index contributed by atoms with van der Waals surface area (Å²) in [6.07, 6.45) is -2.86. The number of hydrogen-bond donors (Lipinski definition) is 1. The van der Waals surface area contributed by atoms with Crippen molar-refractivity contribution in [2.75, 3.05) is 13.1 Å². The third kappa shape index (κ3) is 5.18. The number of rotatable bonds is 6. The van der Waals surface area contributed by atoms with Crippen molar-refractivity contribution in [2.24, 2.45) is 0 Å². The number of aliphatic hydroxyl groups is 1. The highest BCUT2D eigenvalue weighted by molar-refractivity contribution is 6.28. The number of β-amino-alcohol motifs (C(OH)–C–C–N with tert-alkyl or cyclic N) is 1. The number of hydrogen-bond acceptors (Lipinski definition) is 7. The van der Waals surface area contributed by atoms with E-state index in [1.807, 2.05) is 4.90 Å². The molecule has 0 saturated heterocycles. The molecule has 0 amide bonds. The van der Waals surface area contributed by atoms with Crippen LogP contribution in [-0.4, -0.2) is 48.2 Å². The maximum absolute atomic E-state index is 12.8. The number of furan rings is 1. The lowest BCUT2D eigenvalue weighted by Gasteiger charge is -2.34. The van der Waals surface area contributed by atoms with Crippen LogP contribution in [0.3, 0.4) is 0 Å². The van der Waals surface area contributed by atoms with Gasteiger partial charge in [-0.1, -0.05) is 6.07 Å². The smallest absolute Gasteiger partial charge is 0.449 e. The van der Waals surface area contributed by atoms with Gasteiger partial charge in [0, 0.05) is 31.7 Å². The van der Waals surface area contributed by atoms with Gasteiger partial charge in [-0.3, -0.25) is 9.47 Å². The highest BCUT2D eigenvalue weighted by Gasteiger charge is 2.35. The molecule has 13 heteroatoms. The van der Waals surface area contributed by atoms with Crippen molar-refractivity contribution in [3.05, 3.63) is 62.9 Å². The normalized spacial score (nSPS) is 16.4. The molecule has 1 aliphatic heterocycles. The Balaban J connectivity index is 1.43. The first kappa shape index (κ1) is 23.2. The molecule has 176 valence electrons. The summed E-state index contributed by atoms with van der Waals surface area (Å²) in [6.45, 7) is 2.89. The van der Waals surface area contributed by atoms with E-state index in [2.05, 4.69) is 9.97 Å². The average Bonchev–Trinajstić information content (AvgIpc) is 3.35. The molecule has 1 aliphatic rings. The van der Waals surface area contributed by atoms with E-state index in [0.29, 0.717) is 25.2 Å². The molecule has 4 rings (SSSR count). The molecule has 0 aromatic carbocycles. The van der Waals surface area contributed by atoms with Crippen molar-refractivity contribution in [3.63, 3.8) is 0 Å². The average molecular weight is 486 g/mol. The van der Waals surface area contributed by atoms with Crippen molar-refractivity contribution in [1.82, 2.24) is 19.4 Å². The van der Waals surface area contributed by atoms with E-state index >= 15 is 0 Å². The molecular weight excluding hydrogens is 467 g/mol. The summed E-state index contributed by atoms with van der Waals surface area (Å²) in [6, 6.07) is 5.51. The zero-order valence-corrected chi connectivity index (χ0v) is 18.1. The second-order valence-electron chi connectivity index (χ2n) is 8.17. The van der Waals surface area contributed by atoms with Gasteiger partial charge in [-0.2, -0.15) is 13.2 Å². The second-order valence-corrected chi connectivity index (χ2v) is 8.51. The summed E-state index contributed by atoms with van der Waals surface area (Å²) in [4.78, 5) is 20.3. The Morgan fingerprint density at radius 1 is 1.24 bits per heavy atom. The Kier molecular flexibility index (Phi) is 5.93. The van der Waals surface area contributed by atoms with Crippen LogP contribution in [-0.2, 0) is 25.7 Å². The van der Waals surface area contributed by atoms with Gasteiger partial charge in [-0.25, -0.2) is 4.98 Å². The maximum atomic E-state index is 12.8. The van der Waals surface area contributed by atoms with Crippen molar-refractivity contribution in [1.29, 1.82) is 0 Å². The number of imidazole rings is 1. The molecule has 0 unspecified atom stereocenters. The monoisotopic (exact) mass is 485 g/mol. The van der Waals surface area contributed by atoms with Crippen LogP contribution in [0.2, 0.25) is 5.28 Å². The first-order valence-electron chi connectivity index (χ1n) is 9.89. The molecule has 0 aliphatic carbocycles. The summed E-state index contributed by atoms with van der Waals surface area (Å²) in [5, 5.41) is 21.6. The number of aromatic nitrogens is 3. The van der Waals surface area contributed by atoms with Crippen LogP contribution in [0.5, 0.6) is 0 Å². The predicted octanol–water partition coefficient (Wildman–Crippen LogP) is 3.93. The van der Waals surface area contributed by atoms with E-state index in [1.54, 1.807) is 19.1 Å². The van der Waals surface area contributed by atoms with Crippen LogP contribution in [0.25, 0.3) is 11.5 Å². The number of alkyl halides is 3. The van der Waals surface area contributed by atoms with E-state index in [-0.39, 0.29) is 24.1 Å². The van der Waals surface area contributed by atoms with Gasteiger partial charge in [0.25, 0.3) is 0 Å². The number of halogens is 4. The molecular formula is C20H19ClF3N5O4. The van der Waals surface area contributed by atoms with Gasteiger partial charge in [-0.05, 0) is 52.2 Å². The third-order valence-electron chi connectivity index (χ3n) is 5.24. The summed E-state index contributed by atoms with van der Waals surface area (Å²) < 4.78 is 44.6. The molecule has 3 aromatic rings. The van der Waals surface area contributed by atoms with Gasteiger partial charge in [0.05, 0.1) is 12.1 Å². The van der Waals surface area contributed by atoms with Crippen LogP contribution in [0.1, 0.15) is 23.9 Å². The summed E-state index contributed by atoms with van der Waals surface area (Å²) in [7, 11) is 0. The predicted molar refractivity (Wildman–Crippen MR) is 110 cm³/mol. The van der Waals surface area contributed by atoms with E-state index < -0.39 is 28.3 Å². The highest BCUT2D eigenvalue weighted by atomic mass is 35.5. The van der Waals surface area contributed by atoms with E-state index in [0.717, 1.165) is 17.3 Å². The molecule has 0 bridgehead atoms. The quantitative estimate of drug-likeness (QED) is 0.416. The molecule has 1 atom stereocenters. The van der Waals surface area contributed by atoms with Crippen LogP contribution in [0.15, 0.2) is 34.9 Å². The molecule has 33 heavy (non-hydrogen) atoms. The van der Waals surface area contributed by atoms with Crippen molar-refractivity contribution in [2.45, 2.75) is 38.2 Å². The molecule has 0 spiro atoms. The minimum absolute atomic E-state index is 0.00719. The Hall–Kier alpha value is -2.96. The number of nitro groups is 1. The fraction of sp³-hybridized carbons (Fsp3) is 0.400. The highest BCUT2D eigenvalue weighted by Crippen LogP contribution is 2.34. The summed E-state index contributed by atoms with van der Waals surface area (Å²) >= 11 is 5.94. The number of fused-ring (bicyclic) bond motifs is 1. The second kappa shape index (κ2) is 8.43. The van der Waals surface area contributed by atoms with Crippen LogP contribution in [0.4, 0.5) is 19.0 Å². The topological polar surface area (TPSA) is 110 Å². The summed E-state index contributed by atoms with van der Waals surface area (Å²) in [5.74, 6) is -1.43. The SMILES string of the molecule is C[C@](O)(CN1CCc2nc(-c3ccc(C(F)(F)F)o3)ccc2C1)Cn1cc([N+](=O)[O-])nc1Cl. The van der Waals surface area contributed by atoms with Gasteiger partial charge in [0.1, 0.15) is 11.9 Å². The molecule has 1 N–H and O–H groups in total. The lowest BCUT2D eigenvalue weighted by Crippen LogP contribution is -2.45. The van der Waals surface area contributed by atoms with Gasteiger partial charge in [0.15, 0.2) is 5.76 Å². The fourth-order valence-corrected chi connectivity index (χ4v) is 4.05. The van der Waals surface area contributed by atoms with E-state index in [1.165, 1.54) is 16.8 Å². The molecule has 4 heterocycles. The van der Waals surface area contributed by atoms with Gasteiger partial charge in [0.2, 0.25) is 5.76 Å². The van der Waals surface area contributed by atoms with Crippen molar-refractivity contribution >= 4 is 17.4 Å². The largest absolute Gasteiger partial charge is 0.450 e. The third-order valence-corrected chi connectivity index (χ3v) is 5.54. The minimum Gasteiger partial charge on any atom is -0.450 e. The lowest BCUT2D eigenvalue weighted by atomic mass is 10.0. The minimum atomic E-state index is -4.56. The Bertz CT molecular complexity index is 1190. The van der Waals surface area contributed by atoms with E-state index in [4.69, 9.17) is 16.0 Å². The fourth-order valence-electron chi connectivity index (χ4n) is 3.85. The molecule has 0 radical (unpaired) electrons. The van der Waals surface area contributed by atoms with Crippen LogP contribution in [0, 0.1) is 10.1 Å². The lowest BCUT2D eigenvalue weighted by molar-refractivity contribution is -0.389. The molecule has 3 aromatic heterocycles. The first-order chi connectivity index (χ1) is 15.4. The molecule has 9 nitrogen and oxygen atoms in total. The van der Waals surface area contributed by atoms with Crippen LogP contribution < -0.4 is 0 Å². The molecule has 0 fully saturated rings. The first-order valence-corrected chi connectivity index (χ1v) is 10.3. The van der Waals surface area contributed by atoms with E-state index in [9.17, 15) is 28.4 Å². The standard InChI is InChI=1S/C20H19ClF3N5O4/c1-19(30,11-28-9-17(29(31)32)26-18(28)21)10-27-7-6-13-12(8-27)2-3-14(25-13)15-4-5-16(33-15)20(22,23)24/h2-5,9,30H,6-8,10-11H2,1H3/t19-/m0/s1. The van der Waals surface area contributed by atoms with Gasteiger partial charge >= 0.3 is 17.3 Å². The molecule has 0 saturated carbocycles. The van der Waals surface area contributed by atoms with Crippen LogP contribution >= 0.6 is 11.6 Å². The Morgan fingerprint density at radius 2 is 2.00 bits per heavy atom. The Morgan fingerprint density at radius 3 is 2.64 bits per heavy atom. The zero-order chi connectivity index (χ0) is 24.0. The number of pyridine rings is 1. The van der Waals surface area contributed by atoms with Gasteiger partial charge in [-0.15, -0.1) is 0 Å². The van der Waals surface area contributed by atoms with Crippen molar-refractivity contribution in [3.8, 4) is 11.5 Å². The van der Waals surface area contributed by atoms with Crippen molar-refractivity contribution < 1.29 is 27.6 Å². The summed E-state index contributed by atoms with van der Waals surface area (Å²) in [5.41, 5.74) is 0.702. The maximum Gasteiger partial charge on any atom is 0.449 e. The zero-order valence-electron chi connectivity index (χ0n) is 17.3. The van der Waals surface area contributed by atoms with Gasteiger partial charge < -0.3 is 19.6 Å².